The fourth-order valence-electron chi connectivity index (χ4n) is 2.95. The molecule has 0 spiro atoms. The molecule has 1 aromatic rings. The topological polar surface area (TPSA) is 52.7 Å². The summed E-state index contributed by atoms with van der Waals surface area (Å²) in [6.45, 7) is 2.22. The third kappa shape index (κ3) is 4.50. The number of carbonyl (C=O) groups is 2. The molecule has 2 aliphatic rings. The van der Waals surface area contributed by atoms with Crippen molar-refractivity contribution < 1.29 is 22.8 Å². The number of amides is 2. The van der Waals surface area contributed by atoms with E-state index in [1.165, 1.54) is 18.2 Å². The molecule has 3 rings (SSSR count). The molecule has 25 heavy (non-hydrogen) atoms. The van der Waals surface area contributed by atoms with Crippen LogP contribution in [0.5, 0.6) is 0 Å². The predicted molar refractivity (Wildman–Crippen MR) is 85.8 cm³/mol. The molecular formula is C17H20F3N3O2. The van der Waals surface area contributed by atoms with Crippen LogP contribution < -0.4 is 5.32 Å². The molecule has 0 radical (unpaired) electrons. The molecule has 1 heterocycles. The monoisotopic (exact) mass is 355 g/mol. The number of halogens is 3. The summed E-state index contributed by atoms with van der Waals surface area (Å²) in [5, 5.41) is 2.35. The molecule has 1 N–H and O–H groups in total. The van der Waals surface area contributed by atoms with Gasteiger partial charge in [0.25, 0.3) is 0 Å². The number of para-hydroxylation sites is 1. The summed E-state index contributed by atoms with van der Waals surface area (Å²) < 4.78 is 38.8. The maximum Gasteiger partial charge on any atom is 0.418 e. The largest absolute Gasteiger partial charge is 0.418 e. The lowest BCUT2D eigenvalue weighted by Crippen LogP contribution is -2.50. The van der Waals surface area contributed by atoms with Crippen molar-refractivity contribution in [3.05, 3.63) is 29.8 Å². The first-order chi connectivity index (χ1) is 11.8. The van der Waals surface area contributed by atoms with E-state index in [9.17, 15) is 22.8 Å². The van der Waals surface area contributed by atoms with Crippen molar-refractivity contribution in [2.75, 3.05) is 38.0 Å². The minimum Gasteiger partial charge on any atom is -0.340 e. The van der Waals surface area contributed by atoms with Gasteiger partial charge in [0, 0.05) is 32.1 Å². The Hall–Kier alpha value is -2.09. The number of hydrogen-bond donors (Lipinski definition) is 1. The molecule has 0 bridgehead atoms. The highest BCUT2D eigenvalue weighted by atomic mass is 19.4. The lowest BCUT2D eigenvalue weighted by molar-refractivity contribution is -0.137. The second-order valence-corrected chi connectivity index (χ2v) is 6.47. The third-order valence-electron chi connectivity index (χ3n) is 4.48. The number of hydrogen-bond acceptors (Lipinski definition) is 3. The van der Waals surface area contributed by atoms with Gasteiger partial charge in [-0.1, -0.05) is 12.1 Å². The molecule has 8 heteroatoms. The van der Waals surface area contributed by atoms with Crippen LogP contribution in [0.1, 0.15) is 18.4 Å². The van der Waals surface area contributed by atoms with Crippen molar-refractivity contribution in [3.8, 4) is 0 Å². The fourth-order valence-corrected chi connectivity index (χ4v) is 2.95. The summed E-state index contributed by atoms with van der Waals surface area (Å²) in [6.07, 6.45) is -2.60. The molecule has 136 valence electrons. The predicted octanol–water partition coefficient (Wildman–Crippen LogP) is 2.20. The van der Waals surface area contributed by atoms with Crippen molar-refractivity contribution in [1.82, 2.24) is 9.80 Å². The molecule has 0 atom stereocenters. The van der Waals surface area contributed by atoms with Gasteiger partial charge in [-0.3, -0.25) is 14.5 Å². The first-order valence-corrected chi connectivity index (χ1v) is 8.32. The van der Waals surface area contributed by atoms with Gasteiger partial charge >= 0.3 is 6.18 Å². The lowest BCUT2D eigenvalue weighted by Gasteiger charge is -2.34. The number of piperazine rings is 1. The average Bonchev–Trinajstić information content (AvgIpc) is 3.39. The Morgan fingerprint density at radius 1 is 1.08 bits per heavy atom. The Kier molecular flexibility index (Phi) is 4.99. The molecule has 0 unspecified atom stereocenters. The summed E-state index contributed by atoms with van der Waals surface area (Å²) >= 11 is 0. The molecule has 1 saturated heterocycles. The zero-order chi connectivity index (χ0) is 18.0. The molecule has 0 aromatic heterocycles. The Morgan fingerprint density at radius 2 is 1.72 bits per heavy atom. The van der Waals surface area contributed by atoms with E-state index in [-0.39, 0.29) is 24.1 Å². The van der Waals surface area contributed by atoms with Crippen LogP contribution >= 0.6 is 0 Å². The van der Waals surface area contributed by atoms with Crippen molar-refractivity contribution in [2.24, 2.45) is 5.92 Å². The number of carbonyl (C=O) groups excluding carboxylic acids is 2. The summed E-state index contributed by atoms with van der Waals surface area (Å²) in [4.78, 5) is 27.7. The molecular weight excluding hydrogens is 335 g/mol. The maximum absolute atomic E-state index is 12.9. The number of alkyl halides is 3. The van der Waals surface area contributed by atoms with E-state index in [0.717, 1.165) is 18.9 Å². The van der Waals surface area contributed by atoms with E-state index in [1.807, 2.05) is 9.80 Å². The zero-order valence-corrected chi connectivity index (χ0v) is 13.7. The fraction of sp³-hybridized carbons (Fsp3) is 0.529. The highest BCUT2D eigenvalue weighted by molar-refractivity contribution is 5.93. The van der Waals surface area contributed by atoms with Crippen LogP contribution in [0.3, 0.4) is 0 Å². The highest BCUT2D eigenvalue weighted by Crippen LogP contribution is 2.34. The first kappa shape index (κ1) is 17.7. The van der Waals surface area contributed by atoms with Crippen LogP contribution in [0.4, 0.5) is 18.9 Å². The van der Waals surface area contributed by atoms with Crippen molar-refractivity contribution in [3.63, 3.8) is 0 Å². The number of benzene rings is 1. The van der Waals surface area contributed by atoms with Gasteiger partial charge in [-0.05, 0) is 25.0 Å². The second-order valence-electron chi connectivity index (χ2n) is 6.47. The van der Waals surface area contributed by atoms with Gasteiger partial charge in [0.15, 0.2) is 0 Å². The quantitative estimate of drug-likeness (QED) is 0.901. The van der Waals surface area contributed by atoms with Gasteiger partial charge in [-0.15, -0.1) is 0 Å². The van der Waals surface area contributed by atoms with E-state index in [1.54, 1.807) is 0 Å². The SMILES string of the molecule is O=C(CN1CCN(C(=O)C2CC2)CC1)Nc1ccccc1C(F)(F)F. The molecule has 5 nitrogen and oxygen atoms in total. The Labute approximate surface area is 143 Å². The van der Waals surface area contributed by atoms with Crippen LogP contribution in [0.15, 0.2) is 24.3 Å². The summed E-state index contributed by atoms with van der Waals surface area (Å²) in [7, 11) is 0. The Balaban J connectivity index is 1.51. The number of rotatable bonds is 4. The van der Waals surface area contributed by atoms with Gasteiger partial charge in [0.2, 0.25) is 11.8 Å². The molecule has 1 aliphatic heterocycles. The van der Waals surface area contributed by atoms with Crippen molar-refractivity contribution in [2.45, 2.75) is 19.0 Å². The van der Waals surface area contributed by atoms with Crippen molar-refractivity contribution >= 4 is 17.5 Å². The number of nitrogens with one attached hydrogen (secondary N) is 1. The Morgan fingerprint density at radius 3 is 2.32 bits per heavy atom. The van der Waals surface area contributed by atoms with E-state index in [0.29, 0.717) is 26.2 Å². The van der Waals surface area contributed by atoms with E-state index < -0.39 is 17.6 Å². The molecule has 1 saturated carbocycles. The number of anilines is 1. The van der Waals surface area contributed by atoms with Crippen molar-refractivity contribution in [1.29, 1.82) is 0 Å². The van der Waals surface area contributed by atoms with E-state index in [2.05, 4.69) is 5.32 Å². The zero-order valence-electron chi connectivity index (χ0n) is 13.7. The van der Waals surface area contributed by atoms with Gasteiger partial charge in [0.1, 0.15) is 0 Å². The smallest absolute Gasteiger partial charge is 0.340 e. The van der Waals surface area contributed by atoms with Gasteiger partial charge < -0.3 is 10.2 Å². The van der Waals surface area contributed by atoms with Gasteiger partial charge in [0.05, 0.1) is 17.8 Å². The molecule has 2 amide bonds. The summed E-state index contributed by atoms with van der Waals surface area (Å²) in [5.74, 6) is -0.129. The molecule has 1 aliphatic carbocycles. The van der Waals surface area contributed by atoms with Crippen LogP contribution in [-0.2, 0) is 15.8 Å². The normalized spacial score (nSPS) is 18.9. The second kappa shape index (κ2) is 7.03. The van der Waals surface area contributed by atoms with Gasteiger partial charge in [-0.2, -0.15) is 13.2 Å². The molecule has 2 fully saturated rings. The minimum atomic E-state index is -4.52. The average molecular weight is 355 g/mol. The standard InChI is InChI=1S/C17H20F3N3O2/c18-17(19,20)13-3-1-2-4-14(13)21-15(24)11-22-7-9-23(10-8-22)16(25)12-5-6-12/h1-4,12H,5-11H2,(H,21,24). The summed E-state index contributed by atoms with van der Waals surface area (Å²) in [5.41, 5.74) is -1.09. The van der Waals surface area contributed by atoms with Crippen LogP contribution in [0.25, 0.3) is 0 Å². The van der Waals surface area contributed by atoms with Crippen LogP contribution in [0.2, 0.25) is 0 Å². The number of nitrogens with zero attached hydrogens (tertiary/aromatic N) is 2. The third-order valence-corrected chi connectivity index (χ3v) is 4.48. The van der Waals surface area contributed by atoms with Crippen LogP contribution in [-0.4, -0.2) is 54.3 Å². The van der Waals surface area contributed by atoms with E-state index >= 15 is 0 Å². The minimum absolute atomic E-state index is 0.0116. The van der Waals surface area contributed by atoms with Gasteiger partial charge in [-0.25, -0.2) is 0 Å². The highest BCUT2D eigenvalue weighted by Gasteiger charge is 2.35. The van der Waals surface area contributed by atoms with Crippen LogP contribution in [0, 0.1) is 5.92 Å². The lowest BCUT2D eigenvalue weighted by atomic mass is 10.1. The van der Waals surface area contributed by atoms with E-state index in [4.69, 9.17) is 0 Å². The maximum atomic E-state index is 12.9. The molecule has 1 aromatic carbocycles. The Bertz CT molecular complexity index is 651. The summed E-state index contributed by atoms with van der Waals surface area (Å²) in [6, 6.07) is 4.92. The first-order valence-electron chi connectivity index (χ1n) is 8.32.